The van der Waals surface area contributed by atoms with E-state index < -0.39 is 6.61 Å². The van der Waals surface area contributed by atoms with Crippen LogP contribution in [0.4, 0.5) is 14.5 Å². The van der Waals surface area contributed by atoms with Gasteiger partial charge in [-0.05, 0) is 42.5 Å². The monoisotopic (exact) mass is 423 g/mol. The van der Waals surface area contributed by atoms with Crippen LogP contribution in [0.25, 0.3) is 11.4 Å². The molecule has 0 aliphatic carbocycles. The molecule has 0 unspecified atom stereocenters. The number of alkyl halides is 2. The number of ether oxygens (including phenoxy) is 2. The number of hydrogen-bond acceptors (Lipinski definition) is 6. The minimum Gasteiger partial charge on any atom is -0.497 e. The first-order valence-electron chi connectivity index (χ1n) is 8.46. The predicted octanol–water partition coefficient (Wildman–Crippen LogP) is 4.57. The summed E-state index contributed by atoms with van der Waals surface area (Å²) in [5.41, 5.74) is 1.11. The van der Waals surface area contributed by atoms with Gasteiger partial charge in [-0.3, -0.25) is 4.79 Å². The molecular formula is C19H16ClF2N3O4. The van der Waals surface area contributed by atoms with Crippen LogP contribution in [0.15, 0.2) is 47.0 Å². The maximum atomic E-state index is 12.2. The summed E-state index contributed by atoms with van der Waals surface area (Å²) in [5, 5.41) is 6.47. The molecule has 7 nitrogen and oxygen atoms in total. The number of aryl methyl sites for hydroxylation is 1. The van der Waals surface area contributed by atoms with Gasteiger partial charge in [-0.15, -0.1) is 0 Å². The number of halogens is 3. The van der Waals surface area contributed by atoms with Crippen molar-refractivity contribution in [1.82, 2.24) is 10.1 Å². The lowest BCUT2D eigenvalue weighted by Gasteiger charge is -2.09. The Kier molecular flexibility index (Phi) is 6.61. The minimum atomic E-state index is -2.98. The van der Waals surface area contributed by atoms with Gasteiger partial charge in [0.2, 0.25) is 17.6 Å². The first-order valence-corrected chi connectivity index (χ1v) is 8.83. The number of carbonyl (C=O) groups is 1. The Hall–Kier alpha value is -3.20. The number of carbonyl (C=O) groups excluding carboxylic acids is 1. The van der Waals surface area contributed by atoms with Gasteiger partial charge >= 0.3 is 6.61 Å². The highest BCUT2D eigenvalue weighted by molar-refractivity contribution is 6.32. The zero-order valence-electron chi connectivity index (χ0n) is 15.2. The van der Waals surface area contributed by atoms with Gasteiger partial charge in [-0.25, -0.2) is 0 Å². The molecule has 0 aliphatic rings. The number of nitrogens with zero attached hydrogens (tertiary/aromatic N) is 2. The molecule has 152 valence electrons. The van der Waals surface area contributed by atoms with E-state index in [9.17, 15) is 13.6 Å². The molecule has 0 bridgehead atoms. The quantitative estimate of drug-likeness (QED) is 0.571. The van der Waals surface area contributed by atoms with Gasteiger partial charge in [0.15, 0.2) is 0 Å². The minimum absolute atomic E-state index is 0.0378. The van der Waals surface area contributed by atoms with E-state index in [1.165, 1.54) is 18.2 Å². The summed E-state index contributed by atoms with van der Waals surface area (Å²) in [6.07, 6.45) is 0.312. The van der Waals surface area contributed by atoms with Gasteiger partial charge < -0.3 is 19.3 Å². The Balaban J connectivity index is 1.54. The lowest BCUT2D eigenvalue weighted by Crippen LogP contribution is -2.12. The van der Waals surface area contributed by atoms with E-state index in [1.54, 1.807) is 31.4 Å². The van der Waals surface area contributed by atoms with Gasteiger partial charge in [0, 0.05) is 24.1 Å². The Morgan fingerprint density at radius 3 is 2.66 bits per heavy atom. The van der Waals surface area contributed by atoms with Crippen LogP contribution in [0.5, 0.6) is 11.5 Å². The molecule has 0 spiro atoms. The van der Waals surface area contributed by atoms with Crippen molar-refractivity contribution >= 4 is 23.2 Å². The number of amides is 1. The van der Waals surface area contributed by atoms with Crippen LogP contribution >= 0.6 is 11.6 Å². The third-order valence-electron chi connectivity index (χ3n) is 3.81. The fraction of sp³-hybridized carbons (Fsp3) is 0.211. The van der Waals surface area contributed by atoms with Crippen molar-refractivity contribution in [2.45, 2.75) is 19.5 Å². The summed E-state index contributed by atoms with van der Waals surface area (Å²) in [7, 11) is 1.58. The summed E-state index contributed by atoms with van der Waals surface area (Å²) in [4.78, 5) is 16.4. The number of anilines is 1. The first-order chi connectivity index (χ1) is 13.9. The molecule has 2 aromatic carbocycles. The highest BCUT2D eigenvalue weighted by Gasteiger charge is 2.13. The molecular weight excluding hydrogens is 408 g/mol. The number of hydrogen-bond donors (Lipinski definition) is 1. The SMILES string of the molecule is COc1ccc(-c2noc(CCC(=O)Nc3ccc(OC(F)F)c(Cl)c3)n2)cc1. The van der Waals surface area contributed by atoms with Crippen LogP contribution < -0.4 is 14.8 Å². The summed E-state index contributed by atoms with van der Waals surface area (Å²) in [6.45, 7) is -2.98. The Labute approximate surface area is 169 Å². The van der Waals surface area contributed by atoms with Crippen LogP contribution in [0.3, 0.4) is 0 Å². The number of nitrogens with one attached hydrogen (secondary N) is 1. The van der Waals surface area contributed by atoms with E-state index in [0.29, 0.717) is 23.2 Å². The van der Waals surface area contributed by atoms with Gasteiger partial charge in [-0.2, -0.15) is 13.8 Å². The van der Waals surface area contributed by atoms with Crippen molar-refractivity contribution in [3.05, 3.63) is 53.4 Å². The molecule has 0 aliphatic heterocycles. The lowest BCUT2D eigenvalue weighted by molar-refractivity contribution is -0.116. The molecule has 3 aromatic rings. The normalized spacial score (nSPS) is 10.8. The average molecular weight is 424 g/mol. The molecule has 0 atom stereocenters. The first kappa shape index (κ1) is 20.5. The van der Waals surface area contributed by atoms with Crippen molar-refractivity contribution in [3.63, 3.8) is 0 Å². The molecule has 29 heavy (non-hydrogen) atoms. The zero-order chi connectivity index (χ0) is 20.8. The van der Waals surface area contributed by atoms with Gasteiger partial charge in [0.25, 0.3) is 0 Å². The van der Waals surface area contributed by atoms with Crippen LogP contribution in [-0.2, 0) is 11.2 Å². The summed E-state index contributed by atoms with van der Waals surface area (Å²) >= 11 is 5.86. The second kappa shape index (κ2) is 9.33. The lowest BCUT2D eigenvalue weighted by atomic mass is 10.2. The third-order valence-corrected chi connectivity index (χ3v) is 4.11. The van der Waals surface area contributed by atoms with Crippen LogP contribution in [0.1, 0.15) is 12.3 Å². The van der Waals surface area contributed by atoms with Crippen molar-refractivity contribution in [2.75, 3.05) is 12.4 Å². The molecule has 1 N–H and O–H groups in total. The van der Waals surface area contributed by atoms with Crippen LogP contribution in [-0.4, -0.2) is 29.8 Å². The second-order valence-corrected chi connectivity index (χ2v) is 6.22. The van der Waals surface area contributed by atoms with Crippen molar-refractivity contribution in [3.8, 4) is 22.9 Å². The molecule has 0 saturated heterocycles. The molecule has 1 aromatic heterocycles. The number of benzene rings is 2. The van der Waals surface area contributed by atoms with Crippen molar-refractivity contribution in [2.24, 2.45) is 0 Å². The fourth-order valence-corrected chi connectivity index (χ4v) is 2.65. The second-order valence-electron chi connectivity index (χ2n) is 5.81. The molecule has 1 heterocycles. The number of aromatic nitrogens is 2. The predicted molar refractivity (Wildman–Crippen MR) is 101 cm³/mol. The average Bonchev–Trinajstić information content (AvgIpc) is 3.17. The van der Waals surface area contributed by atoms with E-state index in [4.69, 9.17) is 20.9 Å². The molecule has 1 amide bonds. The van der Waals surface area contributed by atoms with Crippen LogP contribution in [0, 0.1) is 0 Å². The van der Waals surface area contributed by atoms with E-state index in [1.807, 2.05) is 0 Å². The molecule has 0 radical (unpaired) electrons. The maximum absolute atomic E-state index is 12.2. The Morgan fingerprint density at radius 2 is 2.00 bits per heavy atom. The molecule has 3 rings (SSSR count). The smallest absolute Gasteiger partial charge is 0.387 e. The van der Waals surface area contributed by atoms with Gasteiger partial charge in [-0.1, -0.05) is 16.8 Å². The third kappa shape index (κ3) is 5.64. The molecule has 10 heteroatoms. The summed E-state index contributed by atoms with van der Waals surface area (Å²) < 4.78 is 39.0. The van der Waals surface area contributed by atoms with Gasteiger partial charge in [0.1, 0.15) is 11.5 Å². The van der Waals surface area contributed by atoms with E-state index in [0.717, 1.165) is 5.56 Å². The maximum Gasteiger partial charge on any atom is 0.387 e. The Morgan fingerprint density at radius 1 is 1.24 bits per heavy atom. The number of methoxy groups -OCH3 is 1. The highest BCUT2D eigenvalue weighted by atomic mass is 35.5. The van der Waals surface area contributed by atoms with E-state index in [2.05, 4.69) is 20.2 Å². The van der Waals surface area contributed by atoms with Crippen molar-refractivity contribution in [1.29, 1.82) is 0 Å². The summed E-state index contributed by atoms with van der Waals surface area (Å²) in [6, 6.07) is 11.1. The Bertz CT molecular complexity index is 980. The van der Waals surface area contributed by atoms with E-state index in [-0.39, 0.29) is 29.5 Å². The molecule has 0 saturated carbocycles. The summed E-state index contributed by atoms with van der Waals surface area (Å²) in [5.74, 6) is 0.932. The van der Waals surface area contributed by atoms with Crippen LogP contribution in [0.2, 0.25) is 5.02 Å². The standard InChI is InChI=1S/C19H16ClF2N3O4/c1-27-13-5-2-11(3-6-13)18-24-17(29-25-18)9-8-16(26)23-12-4-7-15(14(20)10-12)28-19(21)22/h2-7,10,19H,8-9H2,1H3,(H,23,26). The van der Waals surface area contributed by atoms with E-state index >= 15 is 0 Å². The largest absolute Gasteiger partial charge is 0.497 e. The topological polar surface area (TPSA) is 86.5 Å². The van der Waals surface area contributed by atoms with Gasteiger partial charge in [0.05, 0.1) is 12.1 Å². The number of rotatable bonds is 8. The highest BCUT2D eigenvalue weighted by Crippen LogP contribution is 2.29. The zero-order valence-corrected chi connectivity index (χ0v) is 16.0. The van der Waals surface area contributed by atoms with Crippen molar-refractivity contribution < 1.29 is 27.6 Å². The fourth-order valence-electron chi connectivity index (χ4n) is 2.43. The molecule has 0 fully saturated rings.